The summed E-state index contributed by atoms with van der Waals surface area (Å²) < 4.78 is 0. The molecule has 1 N–H and O–H groups in total. The first-order valence-corrected chi connectivity index (χ1v) is 0.494. The van der Waals surface area contributed by atoms with Crippen LogP contribution in [0.15, 0.2) is 0 Å². The van der Waals surface area contributed by atoms with E-state index in [9.17, 15) is 0 Å². The van der Waals surface area contributed by atoms with Crippen LogP contribution >= 0.6 is 0 Å². The van der Waals surface area contributed by atoms with Crippen molar-refractivity contribution < 1.29 is 45.5 Å². The quantitative estimate of drug-likeness (QED) is 0.526. The fourth-order valence-corrected chi connectivity index (χ4v) is 0. The average molecular weight is 185 g/mol. The zero-order valence-corrected chi connectivity index (χ0v) is 5.64. The summed E-state index contributed by atoms with van der Waals surface area (Å²) >= 11 is 0. The Hall–Kier alpha value is 0.665. The average Bonchev–Trinajstić information content (AvgIpc) is 0.918. The predicted octanol–water partition coefficient (Wildman–Crippen LogP) is -0.299. The Morgan fingerprint density at radius 3 is 1.75 bits per heavy atom. The minimum atomic E-state index is -0.250. The number of carboxylic acid groups (broad SMARTS) is 1. The summed E-state index contributed by atoms with van der Waals surface area (Å²) in [6.45, 7) is -0.250. The number of hydrogen-bond donors (Lipinski definition) is 1. The van der Waals surface area contributed by atoms with Gasteiger partial charge in [0.2, 0.25) is 0 Å². The summed E-state index contributed by atoms with van der Waals surface area (Å²) in [6.07, 6.45) is 0. The van der Waals surface area contributed by atoms with Crippen molar-refractivity contribution in [2.24, 2.45) is 0 Å². The minimum Gasteiger partial charge on any atom is -0.483 e. The van der Waals surface area contributed by atoms with Crippen molar-refractivity contribution in [1.29, 1.82) is 0 Å². The Labute approximate surface area is 51.8 Å². The van der Waals surface area contributed by atoms with Gasteiger partial charge in [0.05, 0.1) is 0 Å². The molecule has 0 aliphatic carbocycles. The van der Waals surface area contributed by atoms with Gasteiger partial charge in [-0.05, 0) is 0 Å². The van der Waals surface area contributed by atoms with Gasteiger partial charge in [-0.15, -0.1) is 0 Å². The first-order chi connectivity index (χ1) is 1.41. The summed E-state index contributed by atoms with van der Waals surface area (Å²) in [5.74, 6) is 0. The third kappa shape index (κ3) is 16.7. The standard InChI is InChI=1S/CH2O2.La/c2-1-3;/h1H,(H,2,3);. The van der Waals surface area contributed by atoms with Crippen LogP contribution in [0.4, 0.5) is 0 Å². The van der Waals surface area contributed by atoms with E-state index in [1.165, 1.54) is 0 Å². The van der Waals surface area contributed by atoms with Crippen molar-refractivity contribution in [3.05, 3.63) is 0 Å². The molecule has 0 bridgehead atoms. The van der Waals surface area contributed by atoms with Crippen LogP contribution in [-0.4, -0.2) is 11.6 Å². The van der Waals surface area contributed by atoms with Crippen LogP contribution in [-0.2, 0) is 4.79 Å². The zero-order valence-electron chi connectivity index (χ0n) is 2.01. The molecule has 0 unspecified atom stereocenters. The Bertz CT molecular complexity index is 13.5. The van der Waals surface area contributed by atoms with E-state index in [-0.39, 0.29) is 42.1 Å². The van der Waals surface area contributed by atoms with Crippen LogP contribution in [0, 0.1) is 35.6 Å². The fourth-order valence-electron chi connectivity index (χ4n) is 0. The normalized spacial score (nSPS) is 3.00. The molecule has 0 spiro atoms. The van der Waals surface area contributed by atoms with Gasteiger partial charge >= 0.3 is 0 Å². The molecule has 0 atom stereocenters. The first kappa shape index (κ1) is 8.82. The van der Waals surface area contributed by atoms with Crippen molar-refractivity contribution in [3.8, 4) is 0 Å². The van der Waals surface area contributed by atoms with E-state index >= 15 is 0 Å². The Morgan fingerprint density at radius 1 is 1.75 bits per heavy atom. The van der Waals surface area contributed by atoms with Crippen molar-refractivity contribution in [1.82, 2.24) is 0 Å². The zero-order chi connectivity index (χ0) is 2.71. The smallest absolute Gasteiger partial charge is 0.290 e. The van der Waals surface area contributed by atoms with Gasteiger partial charge in [0.1, 0.15) is 0 Å². The molecular weight excluding hydrogens is 183 g/mol. The molecule has 0 rings (SSSR count). The van der Waals surface area contributed by atoms with E-state index in [2.05, 4.69) is 0 Å². The van der Waals surface area contributed by atoms with Crippen molar-refractivity contribution >= 4 is 6.47 Å². The van der Waals surface area contributed by atoms with Gasteiger partial charge in [-0.2, -0.15) is 0 Å². The first-order valence-electron chi connectivity index (χ1n) is 0.494. The summed E-state index contributed by atoms with van der Waals surface area (Å²) in [6, 6.07) is 0. The van der Waals surface area contributed by atoms with Gasteiger partial charge in [0, 0.05) is 35.6 Å². The molecule has 0 aromatic rings. The van der Waals surface area contributed by atoms with Gasteiger partial charge in [-0.3, -0.25) is 4.79 Å². The molecular formula is CH2LaO2. The summed E-state index contributed by atoms with van der Waals surface area (Å²) in [7, 11) is 0. The second kappa shape index (κ2) is 9.39. The van der Waals surface area contributed by atoms with Crippen LogP contribution in [0.1, 0.15) is 0 Å². The molecule has 0 aliphatic heterocycles. The molecule has 0 aromatic heterocycles. The second-order valence-corrected chi connectivity index (χ2v) is 0.105. The molecule has 0 fully saturated rings. The van der Waals surface area contributed by atoms with Crippen LogP contribution in [0.5, 0.6) is 0 Å². The van der Waals surface area contributed by atoms with Gasteiger partial charge in [0.25, 0.3) is 6.47 Å². The number of rotatable bonds is 0. The Kier molecular flexibility index (Phi) is 20.7. The maximum Gasteiger partial charge on any atom is 0.290 e. The topological polar surface area (TPSA) is 37.3 Å². The maximum absolute atomic E-state index is 8.36. The van der Waals surface area contributed by atoms with Gasteiger partial charge < -0.3 is 5.11 Å². The van der Waals surface area contributed by atoms with Gasteiger partial charge in [-0.25, -0.2) is 0 Å². The predicted molar refractivity (Wildman–Crippen MR) is 8.69 cm³/mol. The van der Waals surface area contributed by atoms with Crippen molar-refractivity contribution in [2.45, 2.75) is 0 Å². The van der Waals surface area contributed by atoms with E-state index in [1.807, 2.05) is 0 Å². The summed E-state index contributed by atoms with van der Waals surface area (Å²) in [5, 5.41) is 6.89. The molecule has 2 nitrogen and oxygen atoms in total. The molecule has 0 amide bonds. The van der Waals surface area contributed by atoms with Crippen molar-refractivity contribution in [3.63, 3.8) is 0 Å². The monoisotopic (exact) mass is 185 g/mol. The van der Waals surface area contributed by atoms with E-state index in [1.54, 1.807) is 0 Å². The SMILES string of the molecule is O=CO.[La]. The molecule has 0 aliphatic rings. The van der Waals surface area contributed by atoms with Crippen LogP contribution in [0.25, 0.3) is 0 Å². The summed E-state index contributed by atoms with van der Waals surface area (Å²) in [5.41, 5.74) is 0. The molecule has 1 radical (unpaired) electrons. The van der Waals surface area contributed by atoms with Crippen LogP contribution in [0.3, 0.4) is 0 Å². The second-order valence-electron chi connectivity index (χ2n) is 0.105. The van der Waals surface area contributed by atoms with E-state index in [0.717, 1.165) is 0 Å². The molecule has 3 heteroatoms. The fraction of sp³-hybridized carbons (Fsp3) is 0. The van der Waals surface area contributed by atoms with E-state index in [4.69, 9.17) is 9.90 Å². The molecule has 0 saturated carbocycles. The van der Waals surface area contributed by atoms with Crippen LogP contribution in [0.2, 0.25) is 0 Å². The Morgan fingerprint density at radius 2 is 1.75 bits per heavy atom. The molecule has 0 aromatic carbocycles. The van der Waals surface area contributed by atoms with Crippen molar-refractivity contribution in [2.75, 3.05) is 0 Å². The Balaban J connectivity index is 0. The number of hydrogen-bond acceptors (Lipinski definition) is 1. The molecule has 0 saturated heterocycles. The van der Waals surface area contributed by atoms with Crippen LogP contribution < -0.4 is 0 Å². The van der Waals surface area contributed by atoms with E-state index in [0.29, 0.717) is 0 Å². The third-order valence-corrected chi connectivity index (χ3v) is 0. The van der Waals surface area contributed by atoms with Gasteiger partial charge in [0.15, 0.2) is 0 Å². The molecule has 21 valence electrons. The maximum atomic E-state index is 8.36. The minimum absolute atomic E-state index is 0. The molecule has 4 heavy (non-hydrogen) atoms. The number of carbonyl (C=O) groups is 1. The third-order valence-electron chi connectivity index (χ3n) is 0. The largest absolute Gasteiger partial charge is 0.483 e. The molecule has 0 heterocycles. The summed E-state index contributed by atoms with van der Waals surface area (Å²) in [4.78, 5) is 8.36. The van der Waals surface area contributed by atoms with E-state index < -0.39 is 0 Å². The van der Waals surface area contributed by atoms with Gasteiger partial charge in [-0.1, -0.05) is 0 Å².